The van der Waals surface area contributed by atoms with Crippen LogP contribution in [-0.2, 0) is 9.59 Å². The quantitative estimate of drug-likeness (QED) is 0.218. The normalized spacial score (nSPS) is 15.0. The van der Waals surface area contributed by atoms with E-state index in [0.717, 1.165) is 40.7 Å². The molecule has 2 N–H and O–H groups in total. The van der Waals surface area contributed by atoms with Crippen LogP contribution < -0.4 is 10.6 Å². The van der Waals surface area contributed by atoms with Gasteiger partial charge in [0.05, 0.1) is 5.39 Å². The molecule has 202 valence electrons. The van der Waals surface area contributed by atoms with Crippen molar-refractivity contribution in [1.29, 1.82) is 0 Å². The molecule has 39 heavy (non-hydrogen) atoms. The number of amides is 1. The number of aromatic nitrogens is 2. The van der Waals surface area contributed by atoms with Crippen LogP contribution in [-0.4, -0.2) is 27.7 Å². The fourth-order valence-corrected chi connectivity index (χ4v) is 5.26. The van der Waals surface area contributed by atoms with Crippen molar-refractivity contribution in [3.05, 3.63) is 60.9 Å². The smallest absolute Gasteiger partial charge is 0.232 e. The van der Waals surface area contributed by atoms with Crippen LogP contribution in [0, 0.1) is 5.92 Å². The van der Waals surface area contributed by atoms with E-state index in [4.69, 9.17) is 4.42 Å². The average molecular weight is 525 g/mol. The van der Waals surface area contributed by atoms with E-state index in [0.29, 0.717) is 36.0 Å². The van der Waals surface area contributed by atoms with Crippen LogP contribution in [0.15, 0.2) is 65.3 Å². The second-order valence-electron chi connectivity index (χ2n) is 10.6. The summed E-state index contributed by atoms with van der Waals surface area (Å²) in [6.45, 7) is 3.39. The van der Waals surface area contributed by atoms with Crippen molar-refractivity contribution in [2.45, 2.75) is 71.3 Å². The first-order chi connectivity index (χ1) is 19.0. The summed E-state index contributed by atoms with van der Waals surface area (Å²) in [5, 5.41) is 7.57. The Morgan fingerprint density at radius 2 is 1.67 bits per heavy atom. The van der Waals surface area contributed by atoms with E-state index in [1.807, 2.05) is 49.4 Å². The van der Waals surface area contributed by atoms with E-state index in [-0.39, 0.29) is 17.6 Å². The first-order valence-electron chi connectivity index (χ1n) is 14.0. The van der Waals surface area contributed by atoms with E-state index in [2.05, 4.69) is 32.7 Å². The van der Waals surface area contributed by atoms with Crippen LogP contribution in [0.4, 0.5) is 11.5 Å². The van der Waals surface area contributed by atoms with Gasteiger partial charge in [-0.05, 0) is 56.0 Å². The van der Waals surface area contributed by atoms with E-state index in [9.17, 15) is 9.59 Å². The fraction of sp³-hybridized carbons (Fsp3) is 0.375. The lowest BCUT2D eigenvalue weighted by atomic mass is 9.98. The Balaban J connectivity index is 1.47. The molecule has 0 saturated heterocycles. The highest BCUT2D eigenvalue weighted by Gasteiger charge is 2.24. The minimum absolute atomic E-state index is 0.0938. The van der Waals surface area contributed by atoms with Crippen LogP contribution in [0.5, 0.6) is 0 Å². The predicted octanol–water partition coefficient (Wildman–Crippen LogP) is 7.64. The molecular weight excluding hydrogens is 488 g/mol. The number of nitrogens with one attached hydrogen (secondary N) is 2. The Morgan fingerprint density at radius 3 is 2.36 bits per heavy atom. The number of carbonyl (C=O) groups excluding carboxylic acids is 2. The predicted molar refractivity (Wildman–Crippen MR) is 155 cm³/mol. The largest absolute Gasteiger partial charge is 0.437 e. The van der Waals surface area contributed by atoms with Crippen LogP contribution >= 0.6 is 0 Å². The van der Waals surface area contributed by atoms with E-state index >= 15 is 0 Å². The van der Waals surface area contributed by atoms with Crippen molar-refractivity contribution >= 4 is 34.3 Å². The molecule has 1 aliphatic rings. The van der Waals surface area contributed by atoms with E-state index < -0.39 is 0 Å². The van der Waals surface area contributed by atoms with Crippen molar-refractivity contribution in [3.63, 3.8) is 0 Å². The number of Topliss-reactive ketones (excluding diaryl/α,β-unsaturated/α-hetero) is 1. The molecule has 0 aliphatic heterocycles. The lowest BCUT2D eigenvalue weighted by Crippen LogP contribution is -2.20. The van der Waals surface area contributed by atoms with Gasteiger partial charge in [-0.1, -0.05) is 62.9 Å². The monoisotopic (exact) mass is 524 g/mol. The summed E-state index contributed by atoms with van der Waals surface area (Å²) in [6, 6.07) is 18.2. The van der Waals surface area contributed by atoms with Gasteiger partial charge in [0.15, 0.2) is 0 Å². The summed E-state index contributed by atoms with van der Waals surface area (Å²) in [7, 11) is 0. The summed E-state index contributed by atoms with van der Waals surface area (Å²) in [6.07, 6.45) is 9.81. The second kappa shape index (κ2) is 12.2. The van der Waals surface area contributed by atoms with Crippen LogP contribution in [0.25, 0.3) is 33.6 Å². The van der Waals surface area contributed by atoms with Crippen molar-refractivity contribution < 1.29 is 14.0 Å². The van der Waals surface area contributed by atoms with E-state index in [1.54, 1.807) is 13.3 Å². The first-order valence-corrected chi connectivity index (χ1v) is 14.0. The lowest BCUT2D eigenvalue weighted by molar-refractivity contribution is -0.120. The maximum atomic E-state index is 12.6. The maximum absolute atomic E-state index is 12.6. The van der Waals surface area contributed by atoms with Gasteiger partial charge in [-0.25, -0.2) is 9.97 Å². The Hall–Kier alpha value is -4.00. The number of hydrogen-bond acceptors (Lipinski definition) is 6. The Labute approximate surface area is 229 Å². The molecule has 1 amide bonds. The molecule has 0 spiro atoms. The minimum atomic E-state index is -0.244. The highest BCUT2D eigenvalue weighted by atomic mass is 16.3. The van der Waals surface area contributed by atoms with Gasteiger partial charge < -0.3 is 19.8 Å². The van der Waals surface area contributed by atoms with Crippen molar-refractivity contribution in [2.24, 2.45) is 5.92 Å². The molecule has 7 nitrogen and oxygen atoms in total. The molecule has 4 aromatic rings. The SMILES string of the molecule is CC(=O)CCC(C)C(=O)Nc1ccc(-c2oc3ncnc(NC4CCCCCC4)c3c2-c2ccccc2)cc1. The molecule has 1 aliphatic carbocycles. The van der Waals surface area contributed by atoms with Gasteiger partial charge in [0.25, 0.3) is 0 Å². The maximum Gasteiger partial charge on any atom is 0.232 e. The molecular formula is C32H36N4O3. The molecule has 2 aromatic carbocycles. The van der Waals surface area contributed by atoms with Crippen LogP contribution in [0.2, 0.25) is 0 Å². The highest BCUT2D eigenvalue weighted by molar-refractivity contribution is 6.06. The molecule has 2 heterocycles. The van der Waals surface area contributed by atoms with Gasteiger partial charge in [-0.3, -0.25) is 4.79 Å². The molecule has 5 rings (SSSR count). The number of hydrogen-bond donors (Lipinski definition) is 2. The number of rotatable bonds is 9. The number of benzene rings is 2. The molecule has 0 bridgehead atoms. The van der Waals surface area contributed by atoms with Crippen molar-refractivity contribution in [1.82, 2.24) is 9.97 Å². The zero-order chi connectivity index (χ0) is 27.2. The summed E-state index contributed by atoms with van der Waals surface area (Å²) >= 11 is 0. The molecule has 7 heteroatoms. The Kier molecular flexibility index (Phi) is 8.35. The van der Waals surface area contributed by atoms with Gasteiger partial charge in [-0.15, -0.1) is 0 Å². The molecule has 0 radical (unpaired) electrons. The van der Waals surface area contributed by atoms with Gasteiger partial charge >= 0.3 is 0 Å². The van der Waals surface area contributed by atoms with Gasteiger partial charge in [-0.2, -0.15) is 0 Å². The minimum Gasteiger partial charge on any atom is -0.437 e. The number of fused-ring (bicyclic) bond motifs is 1. The number of furan rings is 1. The third-order valence-electron chi connectivity index (χ3n) is 7.54. The zero-order valence-electron chi connectivity index (χ0n) is 22.7. The first kappa shape index (κ1) is 26.6. The number of anilines is 2. The van der Waals surface area contributed by atoms with Crippen molar-refractivity contribution in [3.8, 4) is 22.5 Å². The topological polar surface area (TPSA) is 97.1 Å². The second-order valence-corrected chi connectivity index (χ2v) is 10.6. The van der Waals surface area contributed by atoms with Crippen LogP contribution in [0.1, 0.15) is 65.2 Å². The van der Waals surface area contributed by atoms with E-state index in [1.165, 1.54) is 25.7 Å². The van der Waals surface area contributed by atoms with Crippen molar-refractivity contribution in [2.75, 3.05) is 10.6 Å². The third-order valence-corrected chi connectivity index (χ3v) is 7.54. The Bertz CT molecular complexity index is 1420. The number of ketones is 1. The molecule has 1 fully saturated rings. The average Bonchev–Trinajstić information content (AvgIpc) is 3.16. The van der Waals surface area contributed by atoms with Crippen LogP contribution in [0.3, 0.4) is 0 Å². The highest BCUT2D eigenvalue weighted by Crippen LogP contribution is 2.43. The fourth-order valence-electron chi connectivity index (χ4n) is 5.26. The van der Waals surface area contributed by atoms with Gasteiger partial charge in [0.2, 0.25) is 11.6 Å². The lowest BCUT2D eigenvalue weighted by Gasteiger charge is -2.17. The Morgan fingerprint density at radius 1 is 0.949 bits per heavy atom. The summed E-state index contributed by atoms with van der Waals surface area (Å²) < 4.78 is 6.40. The molecule has 1 unspecified atom stereocenters. The molecule has 1 saturated carbocycles. The number of nitrogens with zero attached hydrogens (tertiary/aromatic N) is 2. The summed E-state index contributed by atoms with van der Waals surface area (Å²) in [4.78, 5) is 33.0. The molecule has 2 aromatic heterocycles. The third kappa shape index (κ3) is 6.36. The molecule has 1 atom stereocenters. The standard InChI is InChI=1S/C32H36N4O3/c1-21(14-15-22(2)37)31(38)36-26-18-16-24(17-19-26)29-27(23-10-6-5-7-11-23)28-30(33-20-34-32(28)39-29)35-25-12-8-3-4-9-13-25/h5-7,10-11,16-21,25H,3-4,8-9,12-15H2,1-2H3,(H,36,38)(H,33,34,35). The van der Waals surface area contributed by atoms with Gasteiger partial charge in [0, 0.05) is 35.2 Å². The zero-order valence-corrected chi connectivity index (χ0v) is 22.7. The summed E-state index contributed by atoms with van der Waals surface area (Å²) in [5.74, 6) is 1.28. The summed E-state index contributed by atoms with van der Waals surface area (Å²) in [5.41, 5.74) is 4.12. The van der Waals surface area contributed by atoms with Gasteiger partial charge in [0.1, 0.15) is 23.7 Å². The number of carbonyl (C=O) groups is 2.